The van der Waals surface area contributed by atoms with Crippen molar-refractivity contribution in [3.05, 3.63) is 51.4 Å². The number of anilines is 1. The molecule has 0 spiro atoms. The molecule has 1 aliphatic heterocycles. The van der Waals surface area contributed by atoms with Crippen LogP contribution in [-0.4, -0.2) is 30.7 Å². The summed E-state index contributed by atoms with van der Waals surface area (Å²) in [6.45, 7) is -0.130. The van der Waals surface area contributed by atoms with Crippen molar-refractivity contribution in [2.45, 2.75) is 11.4 Å². The predicted molar refractivity (Wildman–Crippen MR) is 83.9 cm³/mol. The number of rotatable bonds is 3. The molecule has 0 saturated carbocycles. The van der Waals surface area contributed by atoms with Gasteiger partial charge in [-0.05, 0) is 5.56 Å². The van der Waals surface area contributed by atoms with Crippen molar-refractivity contribution in [3.63, 3.8) is 0 Å². The molecule has 120 valence electrons. The number of benzene rings is 1. The van der Waals surface area contributed by atoms with Crippen LogP contribution in [0.15, 0.2) is 40.6 Å². The van der Waals surface area contributed by atoms with Crippen molar-refractivity contribution < 1.29 is 18.1 Å². The van der Waals surface area contributed by atoms with E-state index in [1.807, 2.05) is 0 Å². The Balaban J connectivity index is 2.11. The van der Waals surface area contributed by atoms with E-state index in [1.165, 1.54) is 12.4 Å². The van der Waals surface area contributed by atoms with Crippen molar-refractivity contribution >= 4 is 38.1 Å². The number of sulfonamides is 1. The van der Waals surface area contributed by atoms with Crippen LogP contribution in [-0.2, 0) is 16.6 Å². The van der Waals surface area contributed by atoms with Crippen molar-refractivity contribution in [2.75, 3.05) is 11.9 Å². The highest BCUT2D eigenvalue weighted by Gasteiger charge is 2.45. The molecule has 0 radical (unpaired) electrons. The Kier molecular flexibility index (Phi) is 3.57. The van der Waals surface area contributed by atoms with Gasteiger partial charge in [-0.25, -0.2) is 17.5 Å². The van der Waals surface area contributed by atoms with E-state index < -0.39 is 21.0 Å². The molecule has 0 unspecified atom stereocenters. The lowest BCUT2D eigenvalue weighted by atomic mass is 10.2. The normalized spacial score (nSPS) is 16.3. The highest BCUT2D eigenvalue weighted by Crippen LogP contribution is 2.45. The van der Waals surface area contributed by atoms with Gasteiger partial charge in [-0.3, -0.25) is 15.0 Å². The summed E-state index contributed by atoms with van der Waals surface area (Å²) < 4.78 is 26.0. The molecule has 0 N–H and O–H groups in total. The molecule has 0 atom stereocenters. The van der Waals surface area contributed by atoms with Crippen LogP contribution in [0.1, 0.15) is 5.56 Å². The number of amides is 2. The van der Waals surface area contributed by atoms with Gasteiger partial charge in [0.15, 0.2) is 5.69 Å². The summed E-state index contributed by atoms with van der Waals surface area (Å²) in [6.07, 6.45) is 0. The molecule has 0 bridgehead atoms. The first-order valence-electron chi connectivity index (χ1n) is 6.44. The maximum atomic E-state index is 12.7. The van der Waals surface area contributed by atoms with Crippen LogP contribution in [0.4, 0.5) is 15.5 Å². The Labute approximate surface area is 135 Å². The van der Waals surface area contributed by atoms with Crippen LogP contribution in [0.25, 0.3) is 0 Å². The van der Waals surface area contributed by atoms with Gasteiger partial charge in [0.25, 0.3) is 10.0 Å². The zero-order chi connectivity index (χ0) is 16.8. The minimum Gasteiger partial charge on any atom is -0.288 e. The minimum atomic E-state index is -4.13. The topological polar surface area (TPSA) is 101 Å². The Morgan fingerprint density at radius 1 is 1.26 bits per heavy atom. The number of hydrogen-bond donors (Lipinski definition) is 0. The average molecular weight is 353 g/mol. The summed E-state index contributed by atoms with van der Waals surface area (Å²) in [7, 11) is -2.80. The molecule has 2 amide bonds. The van der Waals surface area contributed by atoms with E-state index in [4.69, 9.17) is 0 Å². The molecule has 0 aliphatic carbocycles. The predicted octanol–water partition coefficient (Wildman–Crippen LogP) is 2.42. The SMILES string of the molecule is CN1C(=O)N(Cc2ccccc2)S(=O)(=O)c2csc([N+](=O)[O-])c21. The highest BCUT2D eigenvalue weighted by atomic mass is 32.2. The third kappa shape index (κ3) is 2.35. The summed E-state index contributed by atoms with van der Waals surface area (Å²) in [5.41, 5.74) is 0.473. The Morgan fingerprint density at radius 3 is 2.52 bits per heavy atom. The van der Waals surface area contributed by atoms with Gasteiger partial charge in [-0.15, -0.1) is 0 Å². The first-order valence-corrected chi connectivity index (χ1v) is 8.76. The standard InChI is InChI=1S/C13H11N3O5S2/c1-14-11-10(8-22-12(11)16(18)19)23(20,21)15(13(14)17)7-9-5-3-2-4-6-9/h2-6,8H,7H2,1H3. The van der Waals surface area contributed by atoms with E-state index in [0.717, 1.165) is 9.21 Å². The van der Waals surface area contributed by atoms with E-state index in [0.29, 0.717) is 16.9 Å². The number of urea groups is 1. The molecular formula is C13H11N3O5S2. The first-order chi connectivity index (χ1) is 10.8. The van der Waals surface area contributed by atoms with Crippen LogP contribution >= 0.6 is 11.3 Å². The largest absolute Gasteiger partial charge is 0.349 e. The number of nitro groups is 1. The molecule has 3 rings (SSSR count). The molecule has 1 aromatic carbocycles. The van der Waals surface area contributed by atoms with Crippen LogP contribution in [0.5, 0.6) is 0 Å². The third-order valence-electron chi connectivity index (χ3n) is 3.45. The fourth-order valence-corrected chi connectivity index (χ4v) is 5.17. The number of carbonyl (C=O) groups is 1. The van der Waals surface area contributed by atoms with Crippen LogP contribution in [0.3, 0.4) is 0 Å². The molecule has 0 fully saturated rings. The number of hydrogen-bond acceptors (Lipinski definition) is 6. The lowest BCUT2D eigenvalue weighted by Gasteiger charge is -2.32. The summed E-state index contributed by atoms with van der Waals surface area (Å²) in [4.78, 5) is 23.6. The van der Waals surface area contributed by atoms with E-state index in [1.54, 1.807) is 30.3 Å². The van der Waals surface area contributed by atoms with Gasteiger partial charge in [0.2, 0.25) is 0 Å². The number of fused-ring (bicyclic) bond motifs is 1. The van der Waals surface area contributed by atoms with Gasteiger partial charge in [0.05, 0.1) is 11.5 Å². The fourth-order valence-electron chi connectivity index (χ4n) is 2.33. The maximum absolute atomic E-state index is 12.7. The molecule has 2 aromatic rings. The summed E-state index contributed by atoms with van der Waals surface area (Å²) in [5, 5.41) is 11.9. The van der Waals surface area contributed by atoms with Gasteiger partial charge < -0.3 is 0 Å². The number of nitrogens with zero attached hydrogens (tertiary/aromatic N) is 3. The summed E-state index contributed by atoms with van der Waals surface area (Å²) in [6, 6.07) is 7.84. The maximum Gasteiger partial charge on any atom is 0.349 e. The quantitative estimate of drug-likeness (QED) is 0.623. The van der Waals surface area contributed by atoms with E-state index in [2.05, 4.69) is 0 Å². The number of thiophene rings is 1. The minimum absolute atomic E-state index is 0.130. The zero-order valence-corrected chi connectivity index (χ0v) is 13.5. The van der Waals surface area contributed by atoms with E-state index >= 15 is 0 Å². The van der Waals surface area contributed by atoms with Crippen LogP contribution < -0.4 is 4.90 Å². The molecule has 8 nitrogen and oxygen atoms in total. The second-order valence-electron chi connectivity index (χ2n) is 4.85. The smallest absolute Gasteiger partial charge is 0.288 e. The van der Waals surface area contributed by atoms with E-state index in [-0.39, 0.29) is 22.1 Å². The molecule has 1 aromatic heterocycles. The summed E-state index contributed by atoms with van der Waals surface area (Å²) in [5.74, 6) is 0. The molecule has 2 heterocycles. The average Bonchev–Trinajstić information content (AvgIpc) is 2.97. The Morgan fingerprint density at radius 2 is 1.91 bits per heavy atom. The van der Waals surface area contributed by atoms with Gasteiger partial charge in [0, 0.05) is 12.4 Å². The van der Waals surface area contributed by atoms with Gasteiger partial charge >= 0.3 is 11.0 Å². The molecule has 23 heavy (non-hydrogen) atoms. The van der Waals surface area contributed by atoms with Gasteiger partial charge in [0.1, 0.15) is 4.90 Å². The van der Waals surface area contributed by atoms with Crippen molar-refractivity contribution in [2.24, 2.45) is 0 Å². The summed E-state index contributed by atoms with van der Waals surface area (Å²) >= 11 is 0.691. The second-order valence-corrected chi connectivity index (χ2v) is 7.54. The molecule has 1 aliphatic rings. The highest BCUT2D eigenvalue weighted by molar-refractivity contribution is 7.90. The second kappa shape index (κ2) is 5.32. The lowest BCUT2D eigenvalue weighted by molar-refractivity contribution is -0.379. The van der Waals surface area contributed by atoms with Crippen molar-refractivity contribution in [3.8, 4) is 0 Å². The van der Waals surface area contributed by atoms with Crippen molar-refractivity contribution in [1.82, 2.24) is 4.31 Å². The van der Waals surface area contributed by atoms with Crippen LogP contribution in [0, 0.1) is 10.1 Å². The van der Waals surface area contributed by atoms with E-state index in [9.17, 15) is 23.3 Å². The zero-order valence-electron chi connectivity index (χ0n) is 11.9. The van der Waals surface area contributed by atoms with Crippen LogP contribution in [0.2, 0.25) is 0 Å². The number of carbonyl (C=O) groups excluding carboxylic acids is 1. The van der Waals surface area contributed by atoms with Crippen molar-refractivity contribution in [1.29, 1.82) is 0 Å². The molecular weight excluding hydrogens is 342 g/mol. The third-order valence-corrected chi connectivity index (χ3v) is 6.25. The lowest BCUT2D eigenvalue weighted by Crippen LogP contribution is -2.48. The Hall–Kier alpha value is -2.46. The molecule has 10 heteroatoms. The van der Waals surface area contributed by atoms with Gasteiger partial charge in [-0.2, -0.15) is 0 Å². The fraction of sp³-hybridized carbons (Fsp3) is 0.154. The Bertz CT molecular complexity index is 892. The first kappa shape index (κ1) is 15.4. The molecule has 0 saturated heterocycles. The van der Waals surface area contributed by atoms with Gasteiger partial charge in [-0.1, -0.05) is 41.7 Å². The monoisotopic (exact) mass is 353 g/mol.